The topological polar surface area (TPSA) is 32.3 Å². The number of aldehydes is 1. The third kappa shape index (κ3) is 2.82. The number of likely N-dealkylation sites (tertiary alicyclic amines) is 1. The first-order chi connectivity index (χ1) is 10.8. The molecule has 0 bridgehead atoms. The van der Waals surface area contributed by atoms with E-state index in [0.29, 0.717) is 0 Å². The number of nitrogens with zero attached hydrogens (tertiary/aromatic N) is 1. The van der Waals surface area contributed by atoms with Gasteiger partial charge in [-0.05, 0) is 17.7 Å². The molecule has 0 atom stereocenters. The van der Waals surface area contributed by atoms with Crippen LogP contribution >= 0.6 is 0 Å². The molecule has 0 spiro atoms. The lowest BCUT2D eigenvalue weighted by atomic mass is 9.85. The average Bonchev–Trinajstić information content (AvgIpc) is 2.54. The van der Waals surface area contributed by atoms with Gasteiger partial charge in [0, 0.05) is 13.1 Å². The summed E-state index contributed by atoms with van der Waals surface area (Å²) in [4.78, 5) is 13.8. The van der Waals surface area contributed by atoms with Crippen molar-refractivity contribution in [2.75, 3.05) is 19.6 Å². The minimum Gasteiger partial charge on any atom is -0.303 e. The van der Waals surface area contributed by atoms with Gasteiger partial charge in [-0.25, -0.2) is 0 Å². The van der Waals surface area contributed by atoms with Crippen LogP contribution in [0, 0.1) is 0 Å². The molecule has 0 radical (unpaired) electrons. The number of likely N-dealkylation sites (N-methyl/N-ethyl adjacent to an activating group) is 1. The molecule has 22 heavy (non-hydrogen) atoms. The summed E-state index contributed by atoms with van der Waals surface area (Å²) in [6, 6.07) is 21.2. The smallest absolute Gasteiger partial charge is 0.142 e. The molecule has 2 aromatic rings. The van der Waals surface area contributed by atoms with Crippen molar-refractivity contribution in [3.63, 3.8) is 0 Å². The first kappa shape index (κ1) is 14.9. The molecular formula is C19H22N2O. The van der Waals surface area contributed by atoms with Gasteiger partial charge in [0.1, 0.15) is 11.8 Å². The lowest BCUT2D eigenvalue weighted by Crippen LogP contribution is -2.70. The highest BCUT2D eigenvalue weighted by molar-refractivity contribution is 5.67. The second-order valence-corrected chi connectivity index (χ2v) is 5.93. The van der Waals surface area contributed by atoms with E-state index in [9.17, 15) is 4.79 Å². The Morgan fingerprint density at radius 3 is 1.95 bits per heavy atom. The van der Waals surface area contributed by atoms with Gasteiger partial charge < -0.3 is 10.1 Å². The van der Waals surface area contributed by atoms with Crippen LogP contribution in [0.5, 0.6) is 0 Å². The minimum atomic E-state index is -0.378. The Morgan fingerprint density at radius 2 is 1.55 bits per heavy atom. The summed E-state index contributed by atoms with van der Waals surface area (Å²) in [5, 5.41) is 3.32. The van der Waals surface area contributed by atoms with E-state index in [1.54, 1.807) is 0 Å². The van der Waals surface area contributed by atoms with E-state index in [1.807, 2.05) is 19.1 Å². The molecule has 1 saturated heterocycles. The standard InChI is InChI=1S/C19H22N2O/c1-2-20-19(15-22)13-21(14-19)18(16-9-5-3-6-10-16)17-11-7-4-8-12-17/h3-12,15,18,20H,2,13-14H2,1H3. The van der Waals surface area contributed by atoms with Crippen LogP contribution in [-0.4, -0.2) is 36.4 Å². The van der Waals surface area contributed by atoms with E-state index in [4.69, 9.17) is 0 Å². The summed E-state index contributed by atoms with van der Waals surface area (Å²) >= 11 is 0. The Balaban J connectivity index is 1.87. The first-order valence-electron chi connectivity index (χ1n) is 7.83. The van der Waals surface area contributed by atoms with Gasteiger partial charge in [-0.1, -0.05) is 67.6 Å². The Labute approximate surface area is 132 Å². The Bertz CT molecular complexity index is 566. The highest BCUT2D eigenvalue weighted by Gasteiger charge is 2.45. The third-order valence-corrected chi connectivity index (χ3v) is 4.32. The number of benzene rings is 2. The fourth-order valence-electron chi connectivity index (χ4n) is 3.33. The fraction of sp³-hybridized carbons (Fsp3) is 0.316. The van der Waals surface area contributed by atoms with Crippen LogP contribution in [0.3, 0.4) is 0 Å². The number of hydrogen-bond donors (Lipinski definition) is 1. The zero-order valence-electron chi connectivity index (χ0n) is 12.9. The molecule has 0 aliphatic carbocycles. The second kappa shape index (κ2) is 6.42. The van der Waals surface area contributed by atoms with Gasteiger partial charge in [0.25, 0.3) is 0 Å². The maximum absolute atomic E-state index is 11.5. The van der Waals surface area contributed by atoms with Crippen molar-refractivity contribution >= 4 is 6.29 Å². The van der Waals surface area contributed by atoms with Gasteiger partial charge in [-0.15, -0.1) is 0 Å². The van der Waals surface area contributed by atoms with Crippen molar-refractivity contribution in [2.45, 2.75) is 18.5 Å². The van der Waals surface area contributed by atoms with Crippen LogP contribution in [0.15, 0.2) is 60.7 Å². The zero-order chi connectivity index (χ0) is 15.4. The van der Waals surface area contributed by atoms with Gasteiger partial charge in [-0.2, -0.15) is 0 Å². The van der Waals surface area contributed by atoms with Gasteiger partial charge >= 0.3 is 0 Å². The normalized spacial score (nSPS) is 17.2. The quantitative estimate of drug-likeness (QED) is 0.831. The van der Waals surface area contributed by atoms with Crippen molar-refractivity contribution in [2.24, 2.45) is 0 Å². The summed E-state index contributed by atoms with van der Waals surface area (Å²) in [5.41, 5.74) is 2.16. The minimum absolute atomic E-state index is 0.203. The number of rotatable bonds is 6. The number of carbonyl (C=O) groups excluding carboxylic acids is 1. The summed E-state index contributed by atoms with van der Waals surface area (Å²) in [6.45, 7) is 4.35. The van der Waals surface area contributed by atoms with Crippen molar-refractivity contribution in [3.05, 3.63) is 71.8 Å². The van der Waals surface area contributed by atoms with Crippen LogP contribution < -0.4 is 5.32 Å². The predicted molar refractivity (Wildman–Crippen MR) is 88.8 cm³/mol. The SMILES string of the molecule is CCNC1(C=O)CN(C(c2ccccc2)c2ccccc2)C1. The van der Waals surface area contributed by atoms with Crippen LogP contribution in [0.1, 0.15) is 24.1 Å². The highest BCUT2D eigenvalue weighted by atomic mass is 16.1. The molecular weight excluding hydrogens is 272 g/mol. The van der Waals surface area contributed by atoms with E-state index in [2.05, 4.69) is 58.7 Å². The van der Waals surface area contributed by atoms with E-state index >= 15 is 0 Å². The highest BCUT2D eigenvalue weighted by Crippen LogP contribution is 2.35. The van der Waals surface area contributed by atoms with Crippen molar-refractivity contribution in [1.29, 1.82) is 0 Å². The van der Waals surface area contributed by atoms with E-state index in [-0.39, 0.29) is 11.6 Å². The Morgan fingerprint density at radius 1 is 1.05 bits per heavy atom. The van der Waals surface area contributed by atoms with Crippen LogP contribution in [0.2, 0.25) is 0 Å². The molecule has 3 nitrogen and oxygen atoms in total. The van der Waals surface area contributed by atoms with Gasteiger partial charge in [-0.3, -0.25) is 4.90 Å². The number of carbonyl (C=O) groups is 1. The second-order valence-electron chi connectivity index (χ2n) is 5.93. The molecule has 3 heteroatoms. The van der Waals surface area contributed by atoms with Crippen molar-refractivity contribution < 1.29 is 4.79 Å². The molecule has 0 aromatic heterocycles. The molecule has 1 aliphatic heterocycles. The summed E-state index contributed by atoms with van der Waals surface area (Å²) in [7, 11) is 0. The molecule has 0 saturated carbocycles. The summed E-state index contributed by atoms with van der Waals surface area (Å²) in [6.07, 6.45) is 1.07. The summed E-state index contributed by atoms with van der Waals surface area (Å²) < 4.78 is 0. The lowest BCUT2D eigenvalue weighted by Gasteiger charge is -2.51. The molecule has 1 heterocycles. The predicted octanol–water partition coefficient (Wildman–Crippen LogP) is 2.64. The maximum atomic E-state index is 11.5. The monoisotopic (exact) mass is 294 g/mol. The fourth-order valence-corrected chi connectivity index (χ4v) is 3.33. The molecule has 1 N–H and O–H groups in total. The summed E-state index contributed by atoms with van der Waals surface area (Å²) in [5.74, 6) is 0. The van der Waals surface area contributed by atoms with E-state index < -0.39 is 0 Å². The van der Waals surface area contributed by atoms with Gasteiger partial charge in [0.2, 0.25) is 0 Å². The van der Waals surface area contributed by atoms with Gasteiger partial charge in [0.05, 0.1) is 6.04 Å². The maximum Gasteiger partial charge on any atom is 0.142 e. The largest absolute Gasteiger partial charge is 0.303 e. The third-order valence-electron chi connectivity index (χ3n) is 4.32. The Kier molecular flexibility index (Phi) is 4.36. The lowest BCUT2D eigenvalue weighted by molar-refractivity contribution is -0.121. The molecule has 2 aromatic carbocycles. The zero-order valence-corrected chi connectivity index (χ0v) is 12.9. The van der Waals surface area contributed by atoms with Crippen molar-refractivity contribution in [1.82, 2.24) is 10.2 Å². The van der Waals surface area contributed by atoms with Gasteiger partial charge in [0.15, 0.2) is 0 Å². The van der Waals surface area contributed by atoms with Crippen LogP contribution in [0.25, 0.3) is 0 Å². The average molecular weight is 294 g/mol. The van der Waals surface area contributed by atoms with E-state index in [0.717, 1.165) is 25.9 Å². The van der Waals surface area contributed by atoms with Crippen molar-refractivity contribution in [3.8, 4) is 0 Å². The molecule has 0 amide bonds. The van der Waals surface area contributed by atoms with Crippen LogP contribution in [-0.2, 0) is 4.79 Å². The molecule has 0 unspecified atom stereocenters. The molecule has 1 fully saturated rings. The number of hydrogen-bond acceptors (Lipinski definition) is 3. The first-order valence-corrected chi connectivity index (χ1v) is 7.83. The molecule has 1 aliphatic rings. The molecule has 114 valence electrons. The molecule has 3 rings (SSSR count). The van der Waals surface area contributed by atoms with Crippen LogP contribution in [0.4, 0.5) is 0 Å². The Hall–Kier alpha value is -1.97. The van der Waals surface area contributed by atoms with E-state index in [1.165, 1.54) is 11.1 Å². The number of nitrogens with one attached hydrogen (secondary N) is 1.